The molecule has 1 fully saturated rings. The second-order valence-electron chi connectivity index (χ2n) is 9.20. The molecule has 178 valence electrons. The number of rotatable bonds is 5. The van der Waals surface area contributed by atoms with Crippen molar-refractivity contribution in [3.63, 3.8) is 0 Å². The smallest absolute Gasteiger partial charge is 0.300 e. The molecule has 5 nitrogen and oxygen atoms in total. The van der Waals surface area contributed by atoms with Gasteiger partial charge in [0, 0.05) is 11.3 Å². The molecule has 1 heterocycles. The number of anilines is 1. The van der Waals surface area contributed by atoms with E-state index in [1.54, 1.807) is 0 Å². The molecule has 1 aliphatic heterocycles. The van der Waals surface area contributed by atoms with Gasteiger partial charge < -0.3 is 9.84 Å². The van der Waals surface area contributed by atoms with Crippen molar-refractivity contribution < 1.29 is 19.4 Å². The van der Waals surface area contributed by atoms with Crippen LogP contribution in [0.2, 0.25) is 0 Å². The molecule has 3 aromatic rings. The van der Waals surface area contributed by atoms with Crippen LogP contribution in [0.25, 0.3) is 5.76 Å². The van der Waals surface area contributed by atoms with Gasteiger partial charge in [-0.05, 0) is 86.6 Å². The monoisotopic (exact) mass is 467 g/mol. The number of ketones is 1. The first kappa shape index (κ1) is 22.9. The Labute approximate surface area is 205 Å². The first-order valence-corrected chi connectivity index (χ1v) is 12.2. The van der Waals surface area contributed by atoms with Crippen molar-refractivity contribution in [1.29, 1.82) is 0 Å². The zero-order chi connectivity index (χ0) is 24.5. The van der Waals surface area contributed by atoms with E-state index in [-0.39, 0.29) is 11.3 Å². The molecule has 0 bridgehead atoms. The summed E-state index contributed by atoms with van der Waals surface area (Å²) in [5.74, 6) is -0.834. The Balaban J connectivity index is 1.69. The van der Waals surface area contributed by atoms with Crippen LogP contribution in [0.4, 0.5) is 5.69 Å². The van der Waals surface area contributed by atoms with E-state index in [0.717, 1.165) is 31.2 Å². The number of carbonyl (C=O) groups is 2. The maximum atomic E-state index is 13.4. The summed E-state index contributed by atoms with van der Waals surface area (Å²) < 4.78 is 5.69. The lowest BCUT2D eigenvalue weighted by molar-refractivity contribution is -0.132. The van der Waals surface area contributed by atoms with E-state index in [1.807, 2.05) is 80.6 Å². The fourth-order valence-electron chi connectivity index (χ4n) is 5.10. The van der Waals surface area contributed by atoms with E-state index < -0.39 is 17.7 Å². The summed E-state index contributed by atoms with van der Waals surface area (Å²) in [4.78, 5) is 28.3. The zero-order valence-corrected chi connectivity index (χ0v) is 20.1. The lowest BCUT2D eigenvalue weighted by Gasteiger charge is -2.26. The van der Waals surface area contributed by atoms with Crippen molar-refractivity contribution in [3.8, 4) is 5.75 Å². The molecule has 1 saturated heterocycles. The topological polar surface area (TPSA) is 66.8 Å². The third-order valence-electron chi connectivity index (χ3n) is 6.86. The Morgan fingerprint density at radius 1 is 0.971 bits per heavy atom. The van der Waals surface area contributed by atoms with E-state index in [4.69, 9.17) is 4.74 Å². The van der Waals surface area contributed by atoms with Crippen molar-refractivity contribution >= 4 is 23.1 Å². The molecule has 1 aliphatic carbocycles. The molecule has 0 spiro atoms. The highest BCUT2D eigenvalue weighted by Crippen LogP contribution is 2.43. The number of benzene rings is 3. The van der Waals surface area contributed by atoms with Crippen LogP contribution in [0.1, 0.15) is 53.6 Å². The molecule has 5 heteroatoms. The molecule has 35 heavy (non-hydrogen) atoms. The van der Waals surface area contributed by atoms with Crippen LogP contribution in [0, 0.1) is 6.92 Å². The average Bonchev–Trinajstić information content (AvgIpc) is 3.14. The number of aliphatic hydroxyl groups is 1. The first-order valence-electron chi connectivity index (χ1n) is 12.2. The number of fused-ring (bicyclic) bond motifs is 1. The Kier molecular flexibility index (Phi) is 6.16. The normalized spacial score (nSPS) is 19.0. The van der Waals surface area contributed by atoms with Gasteiger partial charge in [0.1, 0.15) is 11.5 Å². The molecule has 3 aromatic carbocycles. The molecule has 2 aliphatic rings. The molecule has 1 amide bonds. The largest absolute Gasteiger partial charge is 0.507 e. The average molecular weight is 468 g/mol. The molecule has 0 radical (unpaired) electrons. The molecule has 1 N–H and O–H groups in total. The number of nitrogens with zero attached hydrogens (tertiary/aromatic N) is 1. The van der Waals surface area contributed by atoms with Crippen molar-refractivity contribution in [2.75, 3.05) is 11.5 Å². The van der Waals surface area contributed by atoms with Gasteiger partial charge in [-0.1, -0.05) is 42.0 Å². The van der Waals surface area contributed by atoms with Crippen molar-refractivity contribution in [1.82, 2.24) is 0 Å². The number of aliphatic hydroxyl groups excluding tert-OH is 1. The second-order valence-corrected chi connectivity index (χ2v) is 9.20. The summed E-state index contributed by atoms with van der Waals surface area (Å²) >= 11 is 0. The van der Waals surface area contributed by atoms with Gasteiger partial charge in [0.05, 0.1) is 18.2 Å². The Morgan fingerprint density at radius 3 is 2.46 bits per heavy atom. The number of hydrogen-bond acceptors (Lipinski definition) is 4. The van der Waals surface area contributed by atoms with Crippen LogP contribution < -0.4 is 9.64 Å². The third kappa shape index (κ3) is 4.23. The molecular formula is C30H29NO4. The third-order valence-corrected chi connectivity index (χ3v) is 6.86. The van der Waals surface area contributed by atoms with Crippen molar-refractivity contribution in [2.24, 2.45) is 0 Å². The number of hydrogen-bond donors (Lipinski definition) is 1. The number of Topliss-reactive ketones (excluding diaryl/α,β-unsaturated/α-hetero) is 1. The summed E-state index contributed by atoms with van der Waals surface area (Å²) in [5.41, 5.74) is 5.51. The van der Waals surface area contributed by atoms with Crippen LogP contribution in [0.5, 0.6) is 5.75 Å². The Bertz CT molecular complexity index is 1320. The summed E-state index contributed by atoms with van der Waals surface area (Å²) in [6.45, 7) is 4.37. The van der Waals surface area contributed by atoms with Gasteiger partial charge in [-0.2, -0.15) is 0 Å². The van der Waals surface area contributed by atoms with Gasteiger partial charge >= 0.3 is 0 Å². The highest BCUT2D eigenvalue weighted by atomic mass is 16.5. The summed E-state index contributed by atoms with van der Waals surface area (Å²) in [5, 5.41) is 11.5. The predicted molar refractivity (Wildman–Crippen MR) is 137 cm³/mol. The molecular weight excluding hydrogens is 438 g/mol. The lowest BCUT2D eigenvalue weighted by atomic mass is 9.88. The highest BCUT2D eigenvalue weighted by molar-refractivity contribution is 6.51. The standard InChI is InChI=1S/C30H29NO4/c1-3-35-25-10-6-9-22(18-25)27-26(28(32)23-14-13-20-7-4-5-8-21(20)17-23)29(33)30(34)31(27)24-15-11-19(2)12-16-24/h6,9-18,27,32H,3-5,7-8H2,1-2H3/b28-26-. The molecule has 0 saturated carbocycles. The van der Waals surface area contributed by atoms with Crippen LogP contribution in [0.3, 0.4) is 0 Å². The quantitative estimate of drug-likeness (QED) is 0.288. The lowest BCUT2D eigenvalue weighted by Crippen LogP contribution is -2.29. The van der Waals surface area contributed by atoms with Crippen molar-refractivity contribution in [2.45, 2.75) is 45.6 Å². The molecule has 1 atom stereocenters. The molecule has 5 rings (SSSR count). The van der Waals surface area contributed by atoms with Gasteiger partial charge in [0.25, 0.3) is 11.7 Å². The van der Waals surface area contributed by atoms with Crippen LogP contribution in [-0.2, 0) is 22.4 Å². The summed E-state index contributed by atoms with van der Waals surface area (Å²) in [7, 11) is 0. The minimum absolute atomic E-state index is 0.0972. The maximum absolute atomic E-state index is 13.4. The predicted octanol–water partition coefficient (Wildman–Crippen LogP) is 5.90. The van der Waals surface area contributed by atoms with E-state index in [0.29, 0.717) is 29.2 Å². The molecule has 1 unspecified atom stereocenters. The number of carbonyl (C=O) groups excluding carboxylic acids is 2. The number of aryl methyl sites for hydroxylation is 3. The number of amides is 1. The minimum Gasteiger partial charge on any atom is -0.507 e. The minimum atomic E-state index is -0.769. The van der Waals surface area contributed by atoms with E-state index in [9.17, 15) is 14.7 Å². The Morgan fingerprint density at radius 2 is 1.71 bits per heavy atom. The van der Waals surface area contributed by atoms with E-state index in [2.05, 4.69) is 0 Å². The number of ether oxygens (including phenoxy) is 1. The second kappa shape index (κ2) is 9.41. The van der Waals surface area contributed by atoms with E-state index in [1.165, 1.54) is 16.0 Å². The van der Waals surface area contributed by atoms with E-state index >= 15 is 0 Å². The fraction of sp³-hybridized carbons (Fsp3) is 0.267. The summed E-state index contributed by atoms with van der Waals surface area (Å²) in [6.07, 6.45) is 4.25. The van der Waals surface area contributed by atoms with Gasteiger partial charge in [-0.3, -0.25) is 14.5 Å². The maximum Gasteiger partial charge on any atom is 0.300 e. The van der Waals surface area contributed by atoms with Gasteiger partial charge in [0.2, 0.25) is 0 Å². The van der Waals surface area contributed by atoms with Crippen LogP contribution >= 0.6 is 0 Å². The Hall–Kier alpha value is -3.86. The van der Waals surface area contributed by atoms with Crippen molar-refractivity contribution in [3.05, 3.63) is 100 Å². The van der Waals surface area contributed by atoms with Gasteiger partial charge in [0.15, 0.2) is 0 Å². The summed E-state index contributed by atoms with van der Waals surface area (Å²) in [6, 6.07) is 19.9. The SMILES string of the molecule is CCOc1cccc(C2/C(=C(/O)c3ccc4c(c3)CCCC4)C(=O)C(=O)N2c2ccc(C)cc2)c1. The highest BCUT2D eigenvalue weighted by Gasteiger charge is 2.47. The van der Waals surface area contributed by atoms with Gasteiger partial charge in [-0.15, -0.1) is 0 Å². The molecule has 0 aromatic heterocycles. The van der Waals surface area contributed by atoms with Crippen LogP contribution in [0.15, 0.2) is 72.3 Å². The first-order chi connectivity index (χ1) is 17.0. The van der Waals surface area contributed by atoms with Crippen LogP contribution in [-0.4, -0.2) is 23.4 Å². The zero-order valence-electron chi connectivity index (χ0n) is 20.1. The van der Waals surface area contributed by atoms with Gasteiger partial charge in [-0.25, -0.2) is 0 Å². The fourth-order valence-corrected chi connectivity index (χ4v) is 5.10.